The van der Waals surface area contributed by atoms with E-state index in [1.54, 1.807) is 20.8 Å². The number of aliphatic carboxylic acids is 1. The van der Waals surface area contributed by atoms with E-state index in [0.717, 1.165) is 0 Å². The van der Waals surface area contributed by atoms with Gasteiger partial charge in [-0.2, -0.15) is 0 Å². The van der Waals surface area contributed by atoms with E-state index in [-0.39, 0.29) is 25.5 Å². The van der Waals surface area contributed by atoms with Crippen LogP contribution in [0.4, 0.5) is 0 Å². The third-order valence-electron chi connectivity index (χ3n) is 2.90. The Morgan fingerprint density at radius 3 is 2.65 bits per heavy atom. The molecule has 0 spiro atoms. The van der Waals surface area contributed by atoms with Crippen molar-refractivity contribution in [2.75, 3.05) is 13.2 Å². The minimum absolute atomic E-state index is 0.110. The second-order valence-electron chi connectivity index (χ2n) is 5.52. The lowest BCUT2D eigenvalue weighted by Crippen LogP contribution is -2.51. The molecule has 0 aromatic carbocycles. The molecular weight excluding hydrogens is 224 g/mol. The van der Waals surface area contributed by atoms with Gasteiger partial charge in [0.05, 0.1) is 19.3 Å². The van der Waals surface area contributed by atoms with Gasteiger partial charge < -0.3 is 20.9 Å². The summed E-state index contributed by atoms with van der Waals surface area (Å²) < 4.78 is 5.14. The number of hydrogen-bond acceptors (Lipinski definition) is 4. The number of carboxylic acid groups (broad SMARTS) is 1. The van der Waals surface area contributed by atoms with Crippen molar-refractivity contribution in [3.63, 3.8) is 0 Å². The highest BCUT2D eigenvalue weighted by atomic mass is 16.5. The molecule has 1 rings (SSSR count). The Bertz CT molecular complexity index is 324. The molecule has 1 aliphatic heterocycles. The standard InChI is InChI=1S/C11H20N2O4/c1-10(2,12)4-8(14)13-7-5-17-6-11(7,3)9(15)16/h7H,4-6,12H2,1-3H3,(H,13,14)(H,15,16). The van der Waals surface area contributed by atoms with Crippen molar-refractivity contribution >= 4 is 11.9 Å². The van der Waals surface area contributed by atoms with Crippen LogP contribution in [-0.4, -0.2) is 41.8 Å². The topological polar surface area (TPSA) is 102 Å². The first-order valence-corrected chi connectivity index (χ1v) is 5.54. The van der Waals surface area contributed by atoms with Gasteiger partial charge in [-0.1, -0.05) is 0 Å². The minimum atomic E-state index is -1.06. The predicted octanol–water partition coefficient (Wildman–Crippen LogP) is -0.280. The zero-order chi connectivity index (χ0) is 13.3. The van der Waals surface area contributed by atoms with E-state index in [4.69, 9.17) is 15.6 Å². The highest BCUT2D eigenvalue weighted by Crippen LogP contribution is 2.28. The van der Waals surface area contributed by atoms with Crippen LogP contribution in [0.3, 0.4) is 0 Å². The second kappa shape index (κ2) is 4.62. The highest BCUT2D eigenvalue weighted by Gasteiger charge is 2.47. The van der Waals surface area contributed by atoms with Gasteiger partial charge in [0.2, 0.25) is 5.91 Å². The van der Waals surface area contributed by atoms with Crippen molar-refractivity contribution in [2.45, 2.75) is 38.8 Å². The van der Waals surface area contributed by atoms with E-state index in [9.17, 15) is 9.59 Å². The second-order valence-corrected chi connectivity index (χ2v) is 5.52. The molecule has 4 N–H and O–H groups in total. The molecule has 2 atom stereocenters. The van der Waals surface area contributed by atoms with E-state index < -0.39 is 23.0 Å². The van der Waals surface area contributed by atoms with Crippen LogP contribution in [0.5, 0.6) is 0 Å². The Balaban J connectivity index is 2.63. The molecule has 2 unspecified atom stereocenters. The van der Waals surface area contributed by atoms with Gasteiger partial charge in [0.15, 0.2) is 0 Å². The number of hydrogen-bond donors (Lipinski definition) is 3. The molecule has 1 fully saturated rings. The summed E-state index contributed by atoms with van der Waals surface area (Å²) in [6.45, 7) is 5.39. The Hall–Kier alpha value is -1.14. The fraction of sp³-hybridized carbons (Fsp3) is 0.818. The molecule has 1 heterocycles. The van der Waals surface area contributed by atoms with Crippen LogP contribution < -0.4 is 11.1 Å². The summed E-state index contributed by atoms with van der Waals surface area (Å²) in [5.74, 6) is -1.22. The molecule has 1 saturated heterocycles. The summed E-state index contributed by atoms with van der Waals surface area (Å²) >= 11 is 0. The van der Waals surface area contributed by atoms with Crippen LogP contribution in [0.15, 0.2) is 0 Å². The van der Waals surface area contributed by atoms with Crippen LogP contribution in [0, 0.1) is 5.41 Å². The van der Waals surface area contributed by atoms with Crippen molar-refractivity contribution in [2.24, 2.45) is 11.1 Å². The first kappa shape index (κ1) is 13.9. The lowest BCUT2D eigenvalue weighted by atomic mass is 9.85. The SMILES string of the molecule is CC(C)(N)CC(=O)NC1COCC1(C)C(=O)O. The summed E-state index contributed by atoms with van der Waals surface area (Å²) in [6, 6.07) is -0.505. The Morgan fingerprint density at radius 2 is 2.18 bits per heavy atom. The number of carbonyl (C=O) groups excluding carboxylic acids is 1. The van der Waals surface area contributed by atoms with Gasteiger partial charge in [-0.3, -0.25) is 9.59 Å². The molecule has 6 nitrogen and oxygen atoms in total. The minimum Gasteiger partial charge on any atom is -0.481 e. The third kappa shape index (κ3) is 3.41. The summed E-state index contributed by atoms with van der Waals surface area (Å²) in [6.07, 6.45) is 0.152. The van der Waals surface area contributed by atoms with E-state index in [2.05, 4.69) is 5.32 Å². The lowest BCUT2D eigenvalue weighted by Gasteiger charge is -2.27. The zero-order valence-corrected chi connectivity index (χ0v) is 10.4. The Morgan fingerprint density at radius 1 is 1.59 bits per heavy atom. The monoisotopic (exact) mass is 244 g/mol. The van der Waals surface area contributed by atoms with Crippen molar-refractivity contribution in [3.05, 3.63) is 0 Å². The van der Waals surface area contributed by atoms with Gasteiger partial charge in [0.1, 0.15) is 5.41 Å². The smallest absolute Gasteiger partial charge is 0.313 e. The molecule has 98 valence electrons. The third-order valence-corrected chi connectivity index (χ3v) is 2.90. The Kier molecular flexibility index (Phi) is 3.78. The molecule has 0 radical (unpaired) electrons. The number of ether oxygens (including phenoxy) is 1. The number of amides is 1. The van der Waals surface area contributed by atoms with Gasteiger partial charge >= 0.3 is 5.97 Å². The molecule has 1 aliphatic rings. The van der Waals surface area contributed by atoms with Crippen LogP contribution in [0.1, 0.15) is 27.2 Å². The van der Waals surface area contributed by atoms with Gasteiger partial charge in [0, 0.05) is 12.0 Å². The molecule has 0 aliphatic carbocycles. The maximum Gasteiger partial charge on any atom is 0.313 e. The molecule has 0 aromatic rings. The van der Waals surface area contributed by atoms with Crippen LogP contribution >= 0.6 is 0 Å². The van der Waals surface area contributed by atoms with Crippen molar-refractivity contribution < 1.29 is 19.4 Å². The lowest BCUT2D eigenvalue weighted by molar-refractivity contribution is -0.149. The van der Waals surface area contributed by atoms with Gasteiger partial charge in [0.25, 0.3) is 0 Å². The van der Waals surface area contributed by atoms with Crippen LogP contribution in [0.2, 0.25) is 0 Å². The van der Waals surface area contributed by atoms with Crippen molar-refractivity contribution in [1.82, 2.24) is 5.32 Å². The normalized spacial score (nSPS) is 29.1. The van der Waals surface area contributed by atoms with E-state index in [0.29, 0.717) is 0 Å². The highest BCUT2D eigenvalue weighted by molar-refractivity contribution is 5.80. The summed E-state index contributed by atoms with van der Waals surface area (Å²) in [7, 11) is 0. The first-order chi connectivity index (χ1) is 7.65. The molecule has 1 amide bonds. The molecular formula is C11H20N2O4. The maximum absolute atomic E-state index is 11.7. The maximum atomic E-state index is 11.7. The predicted molar refractivity (Wildman–Crippen MR) is 61.4 cm³/mol. The van der Waals surface area contributed by atoms with Crippen molar-refractivity contribution in [3.8, 4) is 0 Å². The summed E-state index contributed by atoms with van der Waals surface area (Å²) in [5.41, 5.74) is 4.06. The fourth-order valence-corrected chi connectivity index (χ4v) is 1.74. The quantitative estimate of drug-likeness (QED) is 0.631. The summed E-state index contributed by atoms with van der Waals surface area (Å²) in [5, 5.41) is 11.8. The fourth-order valence-electron chi connectivity index (χ4n) is 1.74. The molecule has 6 heteroatoms. The van der Waals surface area contributed by atoms with Crippen LogP contribution in [0.25, 0.3) is 0 Å². The first-order valence-electron chi connectivity index (χ1n) is 5.54. The Labute approximate surface area is 101 Å². The van der Waals surface area contributed by atoms with Crippen molar-refractivity contribution in [1.29, 1.82) is 0 Å². The average Bonchev–Trinajstić information content (AvgIpc) is 2.45. The zero-order valence-electron chi connectivity index (χ0n) is 10.4. The molecule has 0 bridgehead atoms. The number of carboxylic acids is 1. The number of rotatable bonds is 4. The van der Waals surface area contributed by atoms with Crippen LogP contribution in [-0.2, 0) is 14.3 Å². The van der Waals surface area contributed by atoms with E-state index in [1.807, 2.05) is 0 Å². The number of nitrogens with one attached hydrogen (secondary N) is 1. The van der Waals surface area contributed by atoms with E-state index >= 15 is 0 Å². The summed E-state index contributed by atoms with van der Waals surface area (Å²) in [4.78, 5) is 22.8. The number of nitrogens with two attached hydrogens (primary N) is 1. The molecule has 0 aromatic heterocycles. The number of carbonyl (C=O) groups is 2. The van der Waals surface area contributed by atoms with E-state index in [1.165, 1.54) is 0 Å². The molecule has 0 saturated carbocycles. The largest absolute Gasteiger partial charge is 0.481 e. The van der Waals surface area contributed by atoms with Gasteiger partial charge in [-0.05, 0) is 20.8 Å². The average molecular weight is 244 g/mol. The molecule has 17 heavy (non-hydrogen) atoms. The van der Waals surface area contributed by atoms with Gasteiger partial charge in [-0.15, -0.1) is 0 Å². The van der Waals surface area contributed by atoms with Gasteiger partial charge in [-0.25, -0.2) is 0 Å².